The number of anilines is 2. The summed E-state index contributed by atoms with van der Waals surface area (Å²) >= 11 is 0. The van der Waals surface area contributed by atoms with Crippen molar-refractivity contribution in [2.45, 2.75) is 38.6 Å². The second kappa shape index (κ2) is 6.52. The van der Waals surface area contributed by atoms with Gasteiger partial charge in [-0.25, -0.2) is 4.98 Å². The maximum absolute atomic E-state index is 11.6. The highest BCUT2D eigenvalue weighted by atomic mass is 16.2. The standard InChI is InChI=1S/C14H22N4O/c1-2-12(15)14(19)17-13-7-6-11(10-16-13)18-8-4-3-5-9-18/h6-7,10,12H,2-5,8-9,15H2,1H3,(H,16,17,19)/t12-/m0/s1. The van der Waals surface area contributed by atoms with Gasteiger partial charge in [-0.05, 0) is 37.8 Å². The summed E-state index contributed by atoms with van der Waals surface area (Å²) in [5, 5.41) is 2.73. The largest absolute Gasteiger partial charge is 0.370 e. The van der Waals surface area contributed by atoms with Gasteiger partial charge in [-0.2, -0.15) is 0 Å². The number of carbonyl (C=O) groups excluding carboxylic acids is 1. The molecule has 0 aliphatic carbocycles. The Hall–Kier alpha value is -1.62. The minimum atomic E-state index is -0.469. The van der Waals surface area contributed by atoms with Crippen molar-refractivity contribution < 1.29 is 4.79 Å². The Kier molecular flexibility index (Phi) is 4.74. The lowest BCUT2D eigenvalue weighted by atomic mass is 10.1. The van der Waals surface area contributed by atoms with Crippen LogP contribution >= 0.6 is 0 Å². The van der Waals surface area contributed by atoms with Crippen molar-refractivity contribution in [1.29, 1.82) is 0 Å². The normalized spacial score (nSPS) is 17.1. The van der Waals surface area contributed by atoms with Crippen molar-refractivity contribution in [3.05, 3.63) is 18.3 Å². The lowest BCUT2D eigenvalue weighted by Crippen LogP contribution is -2.35. The first kappa shape index (κ1) is 13.8. The van der Waals surface area contributed by atoms with Gasteiger partial charge in [-0.3, -0.25) is 4.79 Å². The number of amides is 1. The van der Waals surface area contributed by atoms with Gasteiger partial charge in [0.25, 0.3) is 0 Å². The minimum Gasteiger partial charge on any atom is -0.370 e. The third-order valence-electron chi connectivity index (χ3n) is 3.50. The van der Waals surface area contributed by atoms with Crippen LogP contribution in [0.3, 0.4) is 0 Å². The van der Waals surface area contributed by atoms with Gasteiger partial charge in [0.2, 0.25) is 5.91 Å². The van der Waals surface area contributed by atoms with Crippen LogP contribution < -0.4 is 16.0 Å². The summed E-state index contributed by atoms with van der Waals surface area (Å²) in [6.07, 6.45) is 6.23. The predicted molar refractivity (Wildman–Crippen MR) is 77.2 cm³/mol. The molecule has 1 fully saturated rings. The van der Waals surface area contributed by atoms with Crippen molar-refractivity contribution in [3.63, 3.8) is 0 Å². The lowest BCUT2D eigenvalue weighted by Gasteiger charge is -2.28. The molecule has 0 radical (unpaired) electrons. The highest BCUT2D eigenvalue weighted by molar-refractivity contribution is 5.93. The molecule has 19 heavy (non-hydrogen) atoms. The smallest absolute Gasteiger partial charge is 0.242 e. The topological polar surface area (TPSA) is 71.2 Å². The first-order valence-corrected chi connectivity index (χ1v) is 6.98. The molecular weight excluding hydrogens is 240 g/mol. The van der Waals surface area contributed by atoms with E-state index in [4.69, 9.17) is 5.73 Å². The molecule has 2 rings (SSSR count). The van der Waals surface area contributed by atoms with Crippen LogP contribution in [0.2, 0.25) is 0 Å². The Morgan fingerprint density at radius 3 is 2.74 bits per heavy atom. The molecule has 1 aromatic rings. The van der Waals surface area contributed by atoms with Crippen LogP contribution in [0.4, 0.5) is 11.5 Å². The summed E-state index contributed by atoms with van der Waals surface area (Å²) in [5.74, 6) is 0.385. The summed E-state index contributed by atoms with van der Waals surface area (Å²) in [5.41, 5.74) is 6.79. The van der Waals surface area contributed by atoms with Gasteiger partial charge in [-0.1, -0.05) is 6.92 Å². The number of nitrogens with two attached hydrogens (primary N) is 1. The second-order valence-electron chi connectivity index (χ2n) is 4.95. The van der Waals surface area contributed by atoms with Crippen LogP contribution in [0.25, 0.3) is 0 Å². The highest BCUT2D eigenvalue weighted by Crippen LogP contribution is 2.19. The predicted octanol–water partition coefficient (Wildman–Crippen LogP) is 1.75. The minimum absolute atomic E-state index is 0.180. The second-order valence-corrected chi connectivity index (χ2v) is 4.95. The molecule has 2 heterocycles. The van der Waals surface area contributed by atoms with Crippen molar-refractivity contribution in [2.24, 2.45) is 5.73 Å². The van der Waals surface area contributed by atoms with Crippen molar-refractivity contribution >= 4 is 17.4 Å². The van der Waals surface area contributed by atoms with Crippen LogP contribution in [-0.2, 0) is 4.79 Å². The number of pyridine rings is 1. The van der Waals surface area contributed by atoms with E-state index < -0.39 is 6.04 Å². The van der Waals surface area contributed by atoms with Gasteiger partial charge < -0.3 is 16.0 Å². The number of hydrogen-bond acceptors (Lipinski definition) is 4. The Balaban J connectivity index is 1.96. The molecule has 0 aromatic carbocycles. The molecule has 5 nitrogen and oxygen atoms in total. The first-order chi connectivity index (χ1) is 9.20. The molecule has 1 saturated heterocycles. The summed E-state index contributed by atoms with van der Waals surface area (Å²) < 4.78 is 0. The monoisotopic (exact) mass is 262 g/mol. The number of carbonyl (C=O) groups is 1. The van der Waals surface area contributed by atoms with Crippen LogP contribution in [0, 0.1) is 0 Å². The van der Waals surface area contributed by atoms with E-state index in [0.717, 1.165) is 18.8 Å². The molecule has 0 saturated carbocycles. The fraction of sp³-hybridized carbons (Fsp3) is 0.571. The molecule has 1 atom stereocenters. The average Bonchev–Trinajstić information content (AvgIpc) is 2.48. The zero-order chi connectivity index (χ0) is 13.7. The van der Waals surface area contributed by atoms with E-state index >= 15 is 0 Å². The van der Waals surface area contributed by atoms with Gasteiger partial charge in [0.1, 0.15) is 5.82 Å². The van der Waals surface area contributed by atoms with Gasteiger partial charge in [0, 0.05) is 13.1 Å². The van der Waals surface area contributed by atoms with E-state index in [2.05, 4.69) is 15.2 Å². The van der Waals surface area contributed by atoms with Crippen LogP contribution in [-0.4, -0.2) is 30.0 Å². The van der Waals surface area contributed by atoms with Crippen molar-refractivity contribution in [3.8, 4) is 0 Å². The number of rotatable bonds is 4. The molecule has 0 bridgehead atoms. The Labute approximate surface area is 114 Å². The lowest BCUT2D eigenvalue weighted by molar-refractivity contribution is -0.117. The summed E-state index contributed by atoms with van der Waals surface area (Å²) in [6, 6.07) is 3.37. The summed E-state index contributed by atoms with van der Waals surface area (Å²) in [4.78, 5) is 18.3. The Bertz CT molecular complexity index is 412. The number of nitrogens with one attached hydrogen (secondary N) is 1. The van der Waals surface area contributed by atoms with E-state index in [0.29, 0.717) is 12.2 Å². The molecule has 1 aliphatic heterocycles. The number of piperidine rings is 1. The van der Waals surface area contributed by atoms with E-state index in [-0.39, 0.29) is 5.91 Å². The van der Waals surface area contributed by atoms with Crippen molar-refractivity contribution in [1.82, 2.24) is 4.98 Å². The molecule has 104 valence electrons. The summed E-state index contributed by atoms with van der Waals surface area (Å²) in [7, 11) is 0. The Morgan fingerprint density at radius 2 is 2.16 bits per heavy atom. The fourth-order valence-corrected chi connectivity index (χ4v) is 2.20. The first-order valence-electron chi connectivity index (χ1n) is 6.98. The van der Waals surface area contributed by atoms with Gasteiger partial charge in [0.05, 0.1) is 17.9 Å². The zero-order valence-corrected chi connectivity index (χ0v) is 11.4. The summed E-state index contributed by atoms with van der Waals surface area (Å²) in [6.45, 7) is 4.07. The van der Waals surface area contributed by atoms with E-state index in [9.17, 15) is 4.79 Å². The third kappa shape index (κ3) is 3.67. The number of hydrogen-bond donors (Lipinski definition) is 2. The van der Waals surface area contributed by atoms with Gasteiger partial charge >= 0.3 is 0 Å². The molecule has 1 amide bonds. The van der Waals surface area contributed by atoms with E-state index in [1.54, 1.807) is 0 Å². The fourth-order valence-electron chi connectivity index (χ4n) is 2.20. The SMILES string of the molecule is CC[C@H](N)C(=O)Nc1ccc(N2CCCCC2)cn1. The molecule has 5 heteroatoms. The molecule has 0 unspecified atom stereocenters. The zero-order valence-electron chi connectivity index (χ0n) is 11.4. The van der Waals surface area contributed by atoms with Crippen molar-refractivity contribution in [2.75, 3.05) is 23.3 Å². The van der Waals surface area contributed by atoms with Gasteiger partial charge in [0.15, 0.2) is 0 Å². The van der Waals surface area contributed by atoms with Crippen LogP contribution in [0.15, 0.2) is 18.3 Å². The molecular formula is C14H22N4O. The maximum Gasteiger partial charge on any atom is 0.242 e. The van der Waals surface area contributed by atoms with E-state index in [1.165, 1.54) is 19.3 Å². The third-order valence-corrected chi connectivity index (χ3v) is 3.50. The average molecular weight is 262 g/mol. The molecule has 0 spiro atoms. The molecule has 3 N–H and O–H groups in total. The van der Waals surface area contributed by atoms with Gasteiger partial charge in [-0.15, -0.1) is 0 Å². The number of aromatic nitrogens is 1. The Morgan fingerprint density at radius 1 is 1.42 bits per heavy atom. The van der Waals surface area contributed by atoms with Crippen LogP contribution in [0.5, 0.6) is 0 Å². The highest BCUT2D eigenvalue weighted by Gasteiger charge is 2.13. The van der Waals surface area contributed by atoms with Crippen LogP contribution in [0.1, 0.15) is 32.6 Å². The quantitative estimate of drug-likeness (QED) is 0.867. The molecule has 1 aromatic heterocycles. The maximum atomic E-state index is 11.6. The molecule has 1 aliphatic rings. The van der Waals surface area contributed by atoms with E-state index in [1.807, 2.05) is 25.3 Å². The number of nitrogens with zero attached hydrogens (tertiary/aromatic N) is 2.